The lowest BCUT2D eigenvalue weighted by atomic mass is 10.1. The summed E-state index contributed by atoms with van der Waals surface area (Å²) in [7, 11) is -4.70. The maximum atomic E-state index is 14.5. The van der Waals surface area contributed by atoms with E-state index in [1.807, 2.05) is 0 Å². The molecule has 0 saturated heterocycles. The number of hydrogen-bond donors (Lipinski definition) is 3. The second-order valence-electron chi connectivity index (χ2n) is 7.22. The van der Waals surface area contributed by atoms with Gasteiger partial charge in [-0.05, 0) is 23.8 Å². The molecular formula is C21H17F3N4O6P+. The number of halogens is 3. The molecule has 0 aliphatic carbocycles. The minimum Gasteiger partial charge on any atom is -0.436 e. The Morgan fingerprint density at radius 2 is 1.86 bits per heavy atom. The number of phosphoric acid groups is 1. The van der Waals surface area contributed by atoms with Gasteiger partial charge < -0.3 is 19.0 Å². The molecule has 0 aliphatic rings. The standard InChI is InChI=1S/C21H16F3N4O6P/c22-13-6-14(23)8-16(7-13)33-21-18(24)5-12(10-26-21)4-15-9-19(34-27-15)17-2-1-3-28(20(17)25)11-32-35(29,30)31/h1-3,5-10,25H,4,11H2,(H2,29,30,31)/p+1. The molecule has 4 aromatic rings. The first-order valence-electron chi connectivity index (χ1n) is 9.80. The van der Waals surface area contributed by atoms with Crippen molar-refractivity contribution >= 4 is 13.6 Å². The van der Waals surface area contributed by atoms with Crippen LogP contribution in [0, 0.1) is 17.5 Å². The van der Waals surface area contributed by atoms with Crippen molar-refractivity contribution in [3.8, 4) is 23.0 Å². The predicted molar refractivity (Wildman–Crippen MR) is 113 cm³/mol. The molecule has 35 heavy (non-hydrogen) atoms. The summed E-state index contributed by atoms with van der Waals surface area (Å²) in [5, 5.41) is 3.92. The average molecular weight is 509 g/mol. The second kappa shape index (κ2) is 9.84. The Hall–Kier alpha value is -3.77. The summed E-state index contributed by atoms with van der Waals surface area (Å²) < 4.78 is 68.1. The van der Waals surface area contributed by atoms with Gasteiger partial charge in [-0.3, -0.25) is 5.73 Å². The number of nitrogen functional groups attached to an aromatic ring is 1. The van der Waals surface area contributed by atoms with Crippen LogP contribution < -0.4 is 15.0 Å². The fraction of sp³-hybridized carbons (Fsp3) is 0.0952. The van der Waals surface area contributed by atoms with Gasteiger partial charge in [-0.2, -0.15) is 0 Å². The largest absolute Gasteiger partial charge is 0.472 e. The van der Waals surface area contributed by atoms with Crippen LogP contribution in [-0.2, 0) is 22.2 Å². The van der Waals surface area contributed by atoms with Crippen molar-refractivity contribution in [1.29, 1.82) is 0 Å². The van der Waals surface area contributed by atoms with E-state index in [0.29, 0.717) is 22.9 Å². The predicted octanol–water partition coefficient (Wildman–Crippen LogP) is 3.47. The van der Waals surface area contributed by atoms with Gasteiger partial charge in [0.1, 0.15) is 22.9 Å². The normalized spacial score (nSPS) is 11.6. The molecule has 0 unspecified atom stereocenters. The third-order valence-corrected chi connectivity index (χ3v) is 5.06. The maximum Gasteiger partial charge on any atom is 0.472 e. The summed E-state index contributed by atoms with van der Waals surface area (Å²) in [5.41, 5.74) is 7.25. The number of nitrogens with two attached hydrogens (primary N) is 1. The SMILES string of the molecule is Nc1c(-c2cc(Cc3cnc(Oc4cc(F)cc(F)c4)c(F)c3)no2)ccc[n+]1COP(=O)(O)O. The van der Waals surface area contributed by atoms with Gasteiger partial charge in [-0.15, -0.1) is 0 Å². The fourth-order valence-corrected chi connectivity index (χ4v) is 3.36. The van der Waals surface area contributed by atoms with Crippen LogP contribution in [0.25, 0.3) is 11.3 Å². The molecule has 10 nitrogen and oxygen atoms in total. The molecule has 4 rings (SSSR count). The molecule has 3 aromatic heterocycles. The molecule has 1 aromatic carbocycles. The van der Waals surface area contributed by atoms with Gasteiger partial charge in [0.2, 0.25) is 6.73 Å². The van der Waals surface area contributed by atoms with Gasteiger partial charge in [0.15, 0.2) is 11.6 Å². The van der Waals surface area contributed by atoms with Crippen molar-refractivity contribution in [3.63, 3.8) is 0 Å². The van der Waals surface area contributed by atoms with Crippen molar-refractivity contribution in [2.45, 2.75) is 13.2 Å². The highest BCUT2D eigenvalue weighted by molar-refractivity contribution is 7.46. The Bertz CT molecular complexity index is 1410. The molecule has 0 bridgehead atoms. The van der Waals surface area contributed by atoms with Crippen LogP contribution >= 0.6 is 7.82 Å². The Kier molecular flexibility index (Phi) is 6.85. The minimum absolute atomic E-state index is 0.103. The third kappa shape index (κ3) is 6.22. The molecule has 182 valence electrons. The van der Waals surface area contributed by atoms with Gasteiger partial charge in [-0.1, -0.05) is 5.16 Å². The van der Waals surface area contributed by atoms with Gasteiger partial charge in [0.05, 0.1) is 11.9 Å². The van der Waals surface area contributed by atoms with E-state index in [-0.39, 0.29) is 23.7 Å². The number of rotatable bonds is 8. The highest BCUT2D eigenvalue weighted by atomic mass is 31.2. The van der Waals surface area contributed by atoms with E-state index < -0.39 is 37.9 Å². The Labute approximate surface area is 195 Å². The van der Waals surface area contributed by atoms with Crippen molar-refractivity contribution in [1.82, 2.24) is 10.1 Å². The fourth-order valence-electron chi connectivity index (χ4n) is 3.09. The zero-order valence-corrected chi connectivity index (χ0v) is 18.5. The van der Waals surface area contributed by atoms with E-state index in [2.05, 4.69) is 14.7 Å². The van der Waals surface area contributed by atoms with Gasteiger partial charge in [-0.25, -0.2) is 31.8 Å². The Morgan fingerprint density at radius 1 is 1.11 bits per heavy atom. The number of aromatic nitrogens is 3. The molecule has 0 atom stereocenters. The molecule has 0 spiro atoms. The number of anilines is 1. The Balaban J connectivity index is 1.48. The van der Waals surface area contributed by atoms with Crippen LogP contribution in [-0.4, -0.2) is 19.9 Å². The summed E-state index contributed by atoms with van der Waals surface area (Å²) in [6, 6.07) is 8.31. The van der Waals surface area contributed by atoms with Crippen LogP contribution in [0.3, 0.4) is 0 Å². The lowest BCUT2D eigenvalue weighted by Crippen LogP contribution is -2.38. The van der Waals surface area contributed by atoms with Crippen LogP contribution in [0.15, 0.2) is 59.4 Å². The number of pyridine rings is 2. The van der Waals surface area contributed by atoms with Crippen molar-refractivity contribution in [3.05, 3.63) is 83.6 Å². The van der Waals surface area contributed by atoms with E-state index in [1.54, 1.807) is 18.2 Å². The first-order chi connectivity index (χ1) is 16.6. The molecule has 0 fully saturated rings. The molecule has 0 amide bonds. The van der Waals surface area contributed by atoms with Crippen LogP contribution in [0.4, 0.5) is 19.0 Å². The maximum absolute atomic E-state index is 14.5. The molecule has 0 aliphatic heterocycles. The first kappa shape index (κ1) is 24.4. The smallest absolute Gasteiger partial charge is 0.436 e. The van der Waals surface area contributed by atoms with Gasteiger partial charge in [0.25, 0.3) is 11.7 Å². The van der Waals surface area contributed by atoms with Crippen LogP contribution in [0.5, 0.6) is 11.6 Å². The topological polar surface area (TPSA) is 145 Å². The second-order valence-corrected chi connectivity index (χ2v) is 8.46. The van der Waals surface area contributed by atoms with Crippen molar-refractivity contribution in [2.24, 2.45) is 0 Å². The van der Waals surface area contributed by atoms with Gasteiger partial charge >= 0.3 is 7.82 Å². The quantitative estimate of drug-likeness (QED) is 0.240. The zero-order chi connectivity index (χ0) is 25.2. The van der Waals surface area contributed by atoms with E-state index in [4.69, 9.17) is 24.8 Å². The van der Waals surface area contributed by atoms with E-state index in [1.165, 1.54) is 17.0 Å². The first-order valence-corrected chi connectivity index (χ1v) is 11.3. The zero-order valence-electron chi connectivity index (χ0n) is 17.6. The summed E-state index contributed by atoms with van der Waals surface area (Å²) >= 11 is 0. The molecule has 14 heteroatoms. The monoisotopic (exact) mass is 509 g/mol. The molecule has 0 radical (unpaired) electrons. The number of ether oxygens (including phenoxy) is 1. The third-order valence-electron chi connectivity index (χ3n) is 4.60. The highest BCUT2D eigenvalue weighted by Gasteiger charge is 2.21. The van der Waals surface area contributed by atoms with Crippen molar-refractivity contribution < 1.29 is 45.9 Å². The lowest BCUT2D eigenvalue weighted by Gasteiger charge is -2.07. The van der Waals surface area contributed by atoms with E-state index in [9.17, 15) is 17.7 Å². The number of hydrogen-bond acceptors (Lipinski definition) is 7. The summed E-state index contributed by atoms with van der Waals surface area (Å²) in [6.45, 7) is -0.493. The minimum atomic E-state index is -4.70. The van der Waals surface area contributed by atoms with Crippen LogP contribution in [0.2, 0.25) is 0 Å². The number of benzene rings is 1. The summed E-state index contributed by atoms with van der Waals surface area (Å²) in [4.78, 5) is 21.6. The molecule has 0 saturated carbocycles. The van der Waals surface area contributed by atoms with Crippen molar-refractivity contribution in [2.75, 3.05) is 5.73 Å². The van der Waals surface area contributed by atoms with E-state index in [0.717, 1.165) is 18.2 Å². The van der Waals surface area contributed by atoms with Gasteiger partial charge in [0, 0.05) is 36.9 Å². The average Bonchev–Trinajstić information content (AvgIpc) is 3.22. The summed E-state index contributed by atoms with van der Waals surface area (Å²) in [5.74, 6) is -2.95. The number of nitrogens with zero attached hydrogens (tertiary/aromatic N) is 3. The lowest BCUT2D eigenvalue weighted by molar-refractivity contribution is -0.711. The van der Waals surface area contributed by atoms with Crippen LogP contribution in [0.1, 0.15) is 11.3 Å². The molecule has 3 heterocycles. The summed E-state index contributed by atoms with van der Waals surface area (Å²) in [6.07, 6.45) is 2.89. The number of phosphoric ester groups is 1. The highest BCUT2D eigenvalue weighted by Crippen LogP contribution is 2.35. The Morgan fingerprint density at radius 3 is 2.54 bits per heavy atom. The molecular weight excluding hydrogens is 492 g/mol. The molecule has 4 N–H and O–H groups in total. The van der Waals surface area contributed by atoms with E-state index >= 15 is 0 Å².